The first-order valence-corrected chi connectivity index (χ1v) is 6.76. The molecule has 94 valence electrons. The highest BCUT2D eigenvalue weighted by molar-refractivity contribution is 4.99. The van der Waals surface area contributed by atoms with Crippen molar-refractivity contribution in [3.63, 3.8) is 0 Å². The minimum atomic E-state index is 0.847. The Morgan fingerprint density at radius 2 is 2.35 bits per heavy atom. The van der Waals surface area contributed by atoms with Crippen LogP contribution in [0.4, 0.5) is 0 Å². The van der Waals surface area contributed by atoms with Crippen molar-refractivity contribution < 1.29 is 0 Å². The van der Waals surface area contributed by atoms with Gasteiger partial charge in [-0.15, -0.1) is 0 Å². The number of imidazole rings is 1. The third-order valence-electron chi connectivity index (χ3n) is 3.88. The van der Waals surface area contributed by atoms with E-state index in [4.69, 9.17) is 0 Å². The number of rotatable bonds is 5. The number of likely N-dealkylation sites (tertiary alicyclic amines) is 1. The molecule has 1 saturated heterocycles. The largest absolute Gasteiger partial charge is 0.345 e. The third kappa shape index (κ3) is 2.87. The Morgan fingerprint density at radius 3 is 3.06 bits per heavy atom. The summed E-state index contributed by atoms with van der Waals surface area (Å²) in [7, 11) is 0. The maximum Gasteiger partial charge on any atom is 0.103 e. The van der Waals surface area contributed by atoms with Crippen molar-refractivity contribution >= 4 is 0 Å². The third-order valence-corrected chi connectivity index (χ3v) is 3.88. The maximum absolute atomic E-state index is 4.21. The first-order chi connectivity index (χ1) is 8.31. The van der Waals surface area contributed by atoms with Gasteiger partial charge >= 0.3 is 0 Å². The molecule has 2 aliphatic rings. The topological polar surface area (TPSA) is 44.0 Å². The van der Waals surface area contributed by atoms with Gasteiger partial charge in [0.05, 0.1) is 0 Å². The van der Waals surface area contributed by atoms with Crippen molar-refractivity contribution in [2.45, 2.75) is 38.8 Å². The van der Waals surface area contributed by atoms with E-state index in [1.807, 2.05) is 13.1 Å². The molecule has 1 atom stereocenters. The molecule has 0 bridgehead atoms. The summed E-state index contributed by atoms with van der Waals surface area (Å²) in [4.78, 5) is 10.1. The Hall–Kier alpha value is -0.870. The average Bonchev–Trinajstić information content (AvgIpc) is 2.93. The zero-order valence-electron chi connectivity index (χ0n) is 10.6. The molecular formula is C13H22N4. The van der Waals surface area contributed by atoms with Gasteiger partial charge < -0.3 is 15.2 Å². The lowest BCUT2D eigenvalue weighted by atomic mass is 10.1. The van der Waals surface area contributed by atoms with Gasteiger partial charge in [0.25, 0.3) is 0 Å². The minimum absolute atomic E-state index is 0.847. The molecule has 2 N–H and O–H groups in total. The molecule has 1 aliphatic carbocycles. The quantitative estimate of drug-likeness (QED) is 0.807. The standard InChI is InChI=1S/C13H22N4/c1-10-15-8-12(16-10)7-14-6-11-4-5-17(9-11)13-2-3-13/h8,11,13-14H,2-7,9H2,1H3,(H,15,16). The molecule has 1 aromatic rings. The zero-order valence-corrected chi connectivity index (χ0v) is 10.6. The van der Waals surface area contributed by atoms with E-state index in [1.54, 1.807) is 0 Å². The first-order valence-electron chi connectivity index (χ1n) is 6.76. The lowest BCUT2D eigenvalue weighted by Crippen LogP contribution is -2.27. The lowest BCUT2D eigenvalue weighted by Gasteiger charge is -2.14. The Labute approximate surface area is 103 Å². The van der Waals surface area contributed by atoms with Crippen molar-refractivity contribution in [3.8, 4) is 0 Å². The van der Waals surface area contributed by atoms with Crippen LogP contribution in [0.15, 0.2) is 6.20 Å². The van der Waals surface area contributed by atoms with E-state index < -0.39 is 0 Å². The molecule has 0 aromatic carbocycles. The van der Waals surface area contributed by atoms with Crippen LogP contribution in [0.5, 0.6) is 0 Å². The highest BCUT2D eigenvalue weighted by atomic mass is 15.2. The van der Waals surface area contributed by atoms with Crippen molar-refractivity contribution in [2.75, 3.05) is 19.6 Å². The van der Waals surface area contributed by atoms with Gasteiger partial charge in [0.15, 0.2) is 0 Å². The number of hydrogen-bond donors (Lipinski definition) is 2. The van der Waals surface area contributed by atoms with E-state index in [2.05, 4.69) is 20.2 Å². The molecule has 1 unspecified atom stereocenters. The monoisotopic (exact) mass is 234 g/mol. The molecule has 1 aliphatic heterocycles. The highest BCUT2D eigenvalue weighted by Crippen LogP contribution is 2.31. The molecule has 17 heavy (non-hydrogen) atoms. The maximum atomic E-state index is 4.21. The van der Waals surface area contributed by atoms with Crippen LogP contribution in [-0.4, -0.2) is 40.5 Å². The van der Waals surface area contributed by atoms with Gasteiger partial charge in [0.2, 0.25) is 0 Å². The minimum Gasteiger partial charge on any atom is -0.345 e. The molecule has 4 nitrogen and oxygen atoms in total. The fraction of sp³-hybridized carbons (Fsp3) is 0.769. The van der Waals surface area contributed by atoms with Crippen LogP contribution in [0.25, 0.3) is 0 Å². The summed E-state index contributed by atoms with van der Waals surface area (Å²) in [6, 6.07) is 0.940. The molecule has 2 heterocycles. The summed E-state index contributed by atoms with van der Waals surface area (Å²) in [5.41, 5.74) is 1.19. The fourth-order valence-electron chi connectivity index (χ4n) is 2.77. The molecule has 0 spiro atoms. The van der Waals surface area contributed by atoms with Crippen molar-refractivity contribution in [1.82, 2.24) is 20.2 Å². The van der Waals surface area contributed by atoms with Gasteiger partial charge in [0.1, 0.15) is 5.82 Å². The number of nitrogens with one attached hydrogen (secondary N) is 2. The number of aromatic nitrogens is 2. The predicted molar refractivity (Wildman–Crippen MR) is 67.7 cm³/mol. The van der Waals surface area contributed by atoms with Gasteiger partial charge in [-0.05, 0) is 45.2 Å². The number of nitrogens with zero attached hydrogens (tertiary/aromatic N) is 2. The summed E-state index contributed by atoms with van der Waals surface area (Å²) >= 11 is 0. The zero-order chi connectivity index (χ0) is 11.7. The molecule has 3 rings (SSSR count). The van der Waals surface area contributed by atoms with Crippen molar-refractivity contribution in [1.29, 1.82) is 0 Å². The Bertz CT molecular complexity index is 369. The Morgan fingerprint density at radius 1 is 1.47 bits per heavy atom. The van der Waals surface area contributed by atoms with Crippen LogP contribution in [0.2, 0.25) is 0 Å². The number of aryl methyl sites for hydroxylation is 1. The van der Waals surface area contributed by atoms with E-state index >= 15 is 0 Å². The second-order valence-corrected chi connectivity index (χ2v) is 5.51. The Balaban J connectivity index is 1.37. The molecule has 1 aromatic heterocycles. The van der Waals surface area contributed by atoms with Gasteiger partial charge in [-0.2, -0.15) is 0 Å². The Kier molecular flexibility index (Phi) is 3.16. The van der Waals surface area contributed by atoms with Crippen LogP contribution in [0.3, 0.4) is 0 Å². The number of hydrogen-bond acceptors (Lipinski definition) is 3. The van der Waals surface area contributed by atoms with Gasteiger partial charge in [-0.1, -0.05) is 0 Å². The summed E-state index contributed by atoms with van der Waals surface area (Å²) in [5, 5.41) is 3.54. The predicted octanol–water partition coefficient (Wildman–Crippen LogP) is 1.29. The number of aromatic amines is 1. The molecule has 0 radical (unpaired) electrons. The summed E-state index contributed by atoms with van der Waals surface area (Å²) in [5.74, 6) is 1.85. The highest BCUT2D eigenvalue weighted by Gasteiger charge is 2.33. The van der Waals surface area contributed by atoms with Gasteiger partial charge in [-0.25, -0.2) is 4.98 Å². The first kappa shape index (κ1) is 11.2. The van der Waals surface area contributed by atoms with Crippen molar-refractivity contribution in [3.05, 3.63) is 17.7 Å². The van der Waals surface area contributed by atoms with Crippen molar-refractivity contribution in [2.24, 2.45) is 5.92 Å². The molecule has 4 heteroatoms. The smallest absolute Gasteiger partial charge is 0.103 e. The second-order valence-electron chi connectivity index (χ2n) is 5.51. The van der Waals surface area contributed by atoms with Crippen LogP contribution in [0.1, 0.15) is 30.8 Å². The normalized spacial score (nSPS) is 25.6. The second kappa shape index (κ2) is 4.78. The van der Waals surface area contributed by atoms with E-state index in [1.165, 1.54) is 38.0 Å². The van der Waals surface area contributed by atoms with Gasteiger partial charge in [0, 0.05) is 31.0 Å². The van der Waals surface area contributed by atoms with Crippen LogP contribution < -0.4 is 5.32 Å². The average molecular weight is 234 g/mol. The summed E-state index contributed by atoms with van der Waals surface area (Å²) in [6.07, 6.45) is 6.17. The van der Waals surface area contributed by atoms with E-state index in [9.17, 15) is 0 Å². The van der Waals surface area contributed by atoms with Crippen LogP contribution >= 0.6 is 0 Å². The van der Waals surface area contributed by atoms with E-state index in [0.29, 0.717) is 0 Å². The molecule has 1 saturated carbocycles. The summed E-state index contributed by atoms with van der Waals surface area (Å²) < 4.78 is 0. The molecule has 0 amide bonds. The molecular weight excluding hydrogens is 212 g/mol. The SMILES string of the molecule is Cc1ncc(CNCC2CCN(C3CC3)C2)[nH]1. The molecule has 2 fully saturated rings. The number of H-pyrrole nitrogens is 1. The lowest BCUT2D eigenvalue weighted by molar-refractivity contribution is 0.311. The van der Waals surface area contributed by atoms with E-state index in [-0.39, 0.29) is 0 Å². The summed E-state index contributed by atoms with van der Waals surface area (Å²) in [6.45, 7) is 6.68. The van der Waals surface area contributed by atoms with E-state index in [0.717, 1.165) is 30.9 Å². The van der Waals surface area contributed by atoms with Crippen LogP contribution in [-0.2, 0) is 6.54 Å². The van der Waals surface area contributed by atoms with Crippen LogP contribution in [0, 0.1) is 12.8 Å². The van der Waals surface area contributed by atoms with Gasteiger partial charge in [-0.3, -0.25) is 0 Å². The fourth-order valence-corrected chi connectivity index (χ4v) is 2.77.